The topological polar surface area (TPSA) is 15.3 Å². The summed E-state index contributed by atoms with van der Waals surface area (Å²) in [5, 5.41) is 11.8. The number of anilines is 3. The second-order valence-corrected chi connectivity index (χ2v) is 22.9. The predicted molar refractivity (Wildman–Crippen MR) is 254 cm³/mol. The standard InChI is InChI=1S/C52H50N2P2/c1-40-20-8-7-19-39-53-47-25-13-16-28-50(47)56(4,46-37-33-44(34-38-46)42-23-11-6-12-24-42)52-30-18-15-27-49(52)54(2)48-26-14-17-29-51(48)55(40,3)45-35-31-43(32-36-45)41-21-9-5-10-22-41/h5-38,53,55-56H,1,39H2,2-4H3/b19-7-,20-8-. The minimum absolute atomic E-state index is 0.714. The van der Waals surface area contributed by atoms with Crippen molar-refractivity contribution in [3.63, 3.8) is 0 Å². The van der Waals surface area contributed by atoms with E-state index in [0.717, 1.165) is 5.31 Å². The third-order valence-electron chi connectivity index (χ3n) is 11.8. The molecule has 0 aromatic heterocycles. The van der Waals surface area contributed by atoms with Crippen LogP contribution < -0.4 is 36.7 Å². The van der Waals surface area contributed by atoms with Crippen molar-refractivity contribution in [2.45, 2.75) is 0 Å². The van der Waals surface area contributed by atoms with Gasteiger partial charge in [-0.3, -0.25) is 0 Å². The maximum atomic E-state index is 4.83. The van der Waals surface area contributed by atoms with E-state index in [2.05, 4.69) is 237 Å². The number of allylic oxidation sites excluding steroid dienone is 4. The summed E-state index contributed by atoms with van der Waals surface area (Å²) in [5.41, 5.74) is 8.51. The molecule has 0 aliphatic carbocycles. The monoisotopic (exact) mass is 764 g/mol. The van der Waals surface area contributed by atoms with E-state index in [9.17, 15) is 0 Å². The number of benzene rings is 7. The Morgan fingerprint density at radius 3 is 1.45 bits per heavy atom. The van der Waals surface area contributed by atoms with E-state index in [1.807, 2.05) is 0 Å². The second kappa shape index (κ2) is 16.1. The second-order valence-electron chi connectivity index (χ2n) is 15.0. The molecular formula is C52H50N2P2. The van der Waals surface area contributed by atoms with E-state index in [4.69, 9.17) is 6.58 Å². The van der Waals surface area contributed by atoms with Crippen LogP contribution in [0.4, 0.5) is 17.1 Å². The van der Waals surface area contributed by atoms with Crippen molar-refractivity contribution in [1.29, 1.82) is 0 Å². The van der Waals surface area contributed by atoms with E-state index in [1.165, 1.54) is 65.8 Å². The molecule has 7 aromatic carbocycles. The fraction of sp³-hybridized carbons (Fsp3) is 0.0769. The Hall–Kier alpha value is -5.78. The van der Waals surface area contributed by atoms with Gasteiger partial charge < -0.3 is 0 Å². The zero-order valence-corrected chi connectivity index (χ0v) is 34.5. The molecule has 0 unspecified atom stereocenters. The van der Waals surface area contributed by atoms with Crippen molar-refractivity contribution in [1.82, 2.24) is 0 Å². The van der Waals surface area contributed by atoms with Gasteiger partial charge in [0.2, 0.25) is 0 Å². The molecule has 0 atom stereocenters. The van der Waals surface area contributed by atoms with Gasteiger partial charge >= 0.3 is 336 Å². The van der Waals surface area contributed by atoms with Crippen LogP contribution in [0.3, 0.4) is 0 Å². The van der Waals surface area contributed by atoms with Gasteiger partial charge in [0.15, 0.2) is 0 Å². The number of nitrogens with zero attached hydrogens (tertiary/aromatic N) is 1. The molecule has 1 aliphatic rings. The maximum absolute atomic E-state index is 4.83. The van der Waals surface area contributed by atoms with Crippen LogP contribution >= 0.6 is 14.5 Å². The van der Waals surface area contributed by atoms with Crippen LogP contribution in [0, 0.1) is 0 Å². The van der Waals surface area contributed by atoms with Crippen molar-refractivity contribution in [2.75, 3.05) is 37.1 Å². The molecule has 0 amide bonds. The Morgan fingerprint density at radius 1 is 0.464 bits per heavy atom. The van der Waals surface area contributed by atoms with Gasteiger partial charge in [0.05, 0.1) is 0 Å². The van der Waals surface area contributed by atoms with Crippen LogP contribution in [-0.2, 0) is 0 Å². The number of fused-ring (bicyclic) bond motifs is 3. The Balaban J connectivity index is 1.33. The van der Waals surface area contributed by atoms with Gasteiger partial charge in [-0.25, -0.2) is 0 Å². The van der Waals surface area contributed by atoms with Crippen molar-refractivity contribution in [3.05, 3.63) is 218 Å². The summed E-state index contributed by atoms with van der Waals surface area (Å²) in [6, 6.07) is 67.0. The summed E-state index contributed by atoms with van der Waals surface area (Å²) < 4.78 is 0. The van der Waals surface area contributed by atoms with E-state index < -0.39 is 14.5 Å². The van der Waals surface area contributed by atoms with Gasteiger partial charge in [-0.1, -0.05) is 0 Å². The van der Waals surface area contributed by atoms with Gasteiger partial charge in [-0.15, -0.1) is 0 Å². The van der Waals surface area contributed by atoms with E-state index in [1.54, 1.807) is 0 Å². The van der Waals surface area contributed by atoms with Crippen LogP contribution in [0.1, 0.15) is 0 Å². The molecule has 2 nitrogen and oxygen atoms in total. The predicted octanol–water partition coefficient (Wildman–Crippen LogP) is 10.8. The fourth-order valence-electron chi connectivity index (χ4n) is 8.46. The van der Waals surface area contributed by atoms with E-state index in [-0.39, 0.29) is 0 Å². The molecular weight excluding hydrogens is 715 g/mol. The summed E-state index contributed by atoms with van der Waals surface area (Å²) >= 11 is 0. The number of nitrogens with one attached hydrogen (secondary N) is 1. The van der Waals surface area contributed by atoms with Gasteiger partial charge in [0.1, 0.15) is 0 Å². The Bertz CT molecular complexity index is 2520. The normalized spacial score (nSPS) is 17.2. The SMILES string of the molecule is C=C1/C=C\C=C/CNc2ccccc2[PH](C)(c2ccc(-c3ccccc3)cc2)c2ccccc2N(C)c2ccccc2[PH]1(C)c1ccc(-c2ccccc2)cc1. The average molecular weight is 765 g/mol. The van der Waals surface area contributed by atoms with Crippen molar-refractivity contribution >= 4 is 58.1 Å². The first-order valence-electron chi connectivity index (χ1n) is 19.5. The molecule has 8 rings (SSSR count). The molecule has 1 N–H and O–H groups in total. The summed E-state index contributed by atoms with van der Waals surface area (Å²) in [7, 11) is -3.02. The summed E-state index contributed by atoms with van der Waals surface area (Å²) in [5.74, 6) is 0. The number of rotatable bonds is 4. The molecule has 0 bridgehead atoms. The first-order chi connectivity index (χ1) is 27.4. The first-order valence-corrected chi connectivity index (χ1v) is 24.5. The third-order valence-corrected chi connectivity index (χ3v) is 20.8. The summed E-state index contributed by atoms with van der Waals surface area (Å²) in [6.07, 6.45) is 8.77. The first kappa shape index (κ1) is 37.2. The van der Waals surface area contributed by atoms with Gasteiger partial charge in [-0.2, -0.15) is 0 Å². The van der Waals surface area contributed by atoms with Crippen LogP contribution in [0.15, 0.2) is 218 Å². The third kappa shape index (κ3) is 6.97. The zero-order valence-electron chi connectivity index (χ0n) is 32.5. The Kier molecular flexibility index (Phi) is 10.7. The number of para-hydroxylation sites is 3. The molecule has 7 aromatic rings. The molecule has 1 heterocycles. The van der Waals surface area contributed by atoms with Gasteiger partial charge in [0.25, 0.3) is 0 Å². The average Bonchev–Trinajstić information content (AvgIpc) is 3.27. The zero-order chi connectivity index (χ0) is 38.5. The summed E-state index contributed by atoms with van der Waals surface area (Å²) in [4.78, 5) is 2.46. The Morgan fingerprint density at radius 2 is 0.893 bits per heavy atom. The minimum atomic E-state index is -2.67. The molecule has 0 saturated carbocycles. The fourth-order valence-corrected chi connectivity index (χ4v) is 16.0. The molecule has 0 radical (unpaired) electrons. The van der Waals surface area contributed by atoms with Crippen LogP contribution in [0.5, 0.6) is 0 Å². The molecule has 0 fully saturated rings. The quantitative estimate of drug-likeness (QED) is 0.180. The van der Waals surface area contributed by atoms with E-state index in [0.29, 0.717) is 6.54 Å². The van der Waals surface area contributed by atoms with Crippen LogP contribution in [-0.4, -0.2) is 26.9 Å². The van der Waals surface area contributed by atoms with Crippen LogP contribution in [0.2, 0.25) is 0 Å². The van der Waals surface area contributed by atoms with Crippen molar-refractivity contribution < 1.29 is 0 Å². The van der Waals surface area contributed by atoms with Crippen molar-refractivity contribution in [2.24, 2.45) is 0 Å². The molecule has 56 heavy (non-hydrogen) atoms. The Labute approximate surface area is 334 Å². The van der Waals surface area contributed by atoms with Gasteiger partial charge in [0, 0.05) is 0 Å². The molecule has 278 valence electrons. The van der Waals surface area contributed by atoms with E-state index >= 15 is 0 Å². The van der Waals surface area contributed by atoms with Crippen LogP contribution in [0.25, 0.3) is 22.3 Å². The molecule has 0 saturated heterocycles. The molecule has 1 aliphatic heterocycles. The van der Waals surface area contributed by atoms with Gasteiger partial charge in [-0.05, 0) is 0 Å². The number of hydrogen-bond acceptors (Lipinski definition) is 2. The number of hydrogen-bond donors (Lipinski definition) is 1. The summed E-state index contributed by atoms with van der Waals surface area (Å²) in [6.45, 7) is 10.5. The molecule has 0 spiro atoms. The van der Waals surface area contributed by atoms with Crippen molar-refractivity contribution in [3.8, 4) is 22.3 Å². The molecule has 4 heteroatoms.